The molecule has 2 fully saturated rings. The molecule has 0 N–H and O–H groups in total. The molecule has 0 atom stereocenters. The molecule has 2 saturated heterocycles. The highest BCUT2D eigenvalue weighted by Crippen LogP contribution is 2.33. The lowest BCUT2D eigenvalue weighted by Gasteiger charge is -2.40. The van der Waals surface area contributed by atoms with Gasteiger partial charge in [0, 0.05) is 38.6 Å². The number of likely N-dealkylation sites (tertiary alicyclic amines) is 1. The zero-order chi connectivity index (χ0) is 17.9. The highest BCUT2D eigenvalue weighted by atomic mass is 16.6. The van der Waals surface area contributed by atoms with Crippen LogP contribution in [0.25, 0.3) is 0 Å². The maximum absolute atomic E-state index is 12.2. The summed E-state index contributed by atoms with van der Waals surface area (Å²) in [5, 5.41) is 0. The van der Waals surface area contributed by atoms with E-state index in [0.717, 1.165) is 56.8 Å². The molecule has 0 aromatic carbocycles. The van der Waals surface area contributed by atoms with Crippen molar-refractivity contribution in [2.24, 2.45) is 11.8 Å². The number of hydrogen-bond acceptors (Lipinski definition) is 5. The molecular weight excluding hydrogens is 316 g/mol. The van der Waals surface area contributed by atoms with Gasteiger partial charge < -0.3 is 14.5 Å². The van der Waals surface area contributed by atoms with Gasteiger partial charge in [-0.25, -0.2) is 14.8 Å². The zero-order valence-electron chi connectivity index (χ0n) is 15.6. The molecule has 0 radical (unpaired) electrons. The van der Waals surface area contributed by atoms with E-state index in [4.69, 9.17) is 4.74 Å². The maximum atomic E-state index is 12.2. The third kappa shape index (κ3) is 4.83. The van der Waals surface area contributed by atoms with Crippen LogP contribution in [0.1, 0.15) is 46.5 Å². The Balaban J connectivity index is 1.44. The topological polar surface area (TPSA) is 58.6 Å². The summed E-state index contributed by atoms with van der Waals surface area (Å²) >= 11 is 0. The second-order valence-electron chi connectivity index (χ2n) is 8.18. The SMILES string of the molecule is CC(C)(C)OC(=O)N1CCC(C2CCN(c3ncccn3)CC2)CC1. The predicted octanol–water partition coefficient (Wildman–Crippen LogP) is 3.34. The van der Waals surface area contributed by atoms with Crippen molar-refractivity contribution in [3.05, 3.63) is 18.5 Å². The molecule has 138 valence electrons. The molecule has 0 bridgehead atoms. The van der Waals surface area contributed by atoms with E-state index >= 15 is 0 Å². The monoisotopic (exact) mass is 346 g/mol. The van der Waals surface area contributed by atoms with Crippen LogP contribution in [0.3, 0.4) is 0 Å². The van der Waals surface area contributed by atoms with Crippen molar-refractivity contribution < 1.29 is 9.53 Å². The van der Waals surface area contributed by atoms with Crippen LogP contribution in [-0.2, 0) is 4.74 Å². The van der Waals surface area contributed by atoms with Crippen LogP contribution in [0, 0.1) is 11.8 Å². The van der Waals surface area contributed by atoms with Crippen LogP contribution >= 0.6 is 0 Å². The molecule has 2 aliphatic rings. The first kappa shape index (κ1) is 18.0. The average Bonchev–Trinajstić information content (AvgIpc) is 2.61. The Hall–Kier alpha value is -1.85. The molecule has 2 aliphatic heterocycles. The molecule has 0 spiro atoms. The molecule has 3 rings (SSSR count). The van der Waals surface area contributed by atoms with Gasteiger partial charge in [0.15, 0.2) is 0 Å². The van der Waals surface area contributed by atoms with Crippen LogP contribution in [0.2, 0.25) is 0 Å². The Kier molecular flexibility index (Phi) is 5.45. The molecule has 6 nitrogen and oxygen atoms in total. The van der Waals surface area contributed by atoms with Gasteiger partial charge >= 0.3 is 6.09 Å². The van der Waals surface area contributed by atoms with Crippen LogP contribution in [0.4, 0.5) is 10.7 Å². The Morgan fingerprint density at radius 1 is 1.00 bits per heavy atom. The summed E-state index contributed by atoms with van der Waals surface area (Å²) in [6, 6.07) is 1.86. The Morgan fingerprint density at radius 3 is 2.04 bits per heavy atom. The summed E-state index contributed by atoms with van der Waals surface area (Å²) in [7, 11) is 0. The van der Waals surface area contributed by atoms with Gasteiger partial charge in [-0.2, -0.15) is 0 Å². The van der Waals surface area contributed by atoms with Crippen molar-refractivity contribution >= 4 is 12.0 Å². The fourth-order valence-electron chi connectivity index (χ4n) is 3.91. The average molecular weight is 346 g/mol. The molecule has 6 heteroatoms. The van der Waals surface area contributed by atoms with Gasteiger partial charge in [-0.15, -0.1) is 0 Å². The Labute approximate surface area is 150 Å². The quantitative estimate of drug-likeness (QED) is 0.822. The van der Waals surface area contributed by atoms with Gasteiger partial charge in [0.2, 0.25) is 5.95 Å². The van der Waals surface area contributed by atoms with Crippen molar-refractivity contribution in [2.75, 3.05) is 31.1 Å². The first-order chi connectivity index (χ1) is 11.9. The zero-order valence-corrected chi connectivity index (χ0v) is 15.6. The maximum Gasteiger partial charge on any atom is 0.410 e. The van der Waals surface area contributed by atoms with E-state index in [1.54, 1.807) is 12.4 Å². The van der Waals surface area contributed by atoms with E-state index in [9.17, 15) is 4.79 Å². The lowest BCUT2D eigenvalue weighted by atomic mass is 9.79. The van der Waals surface area contributed by atoms with Crippen molar-refractivity contribution in [3.63, 3.8) is 0 Å². The third-order valence-corrected chi connectivity index (χ3v) is 5.23. The molecule has 1 aromatic rings. The lowest BCUT2D eigenvalue weighted by molar-refractivity contribution is 0.0152. The number of hydrogen-bond donors (Lipinski definition) is 0. The minimum Gasteiger partial charge on any atom is -0.444 e. The minimum atomic E-state index is -0.416. The number of rotatable bonds is 2. The predicted molar refractivity (Wildman–Crippen MR) is 97.5 cm³/mol. The van der Waals surface area contributed by atoms with Gasteiger partial charge in [0.25, 0.3) is 0 Å². The fraction of sp³-hybridized carbons (Fsp3) is 0.737. The molecule has 0 saturated carbocycles. The molecule has 3 heterocycles. The second kappa shape index (κ2) is 7.58. The number of amides is 1. The number of nitrogens with zero attached hydrogens (tertiary/aromatic N) is 4. The number of carbonyl (C=O) groups excluding carboxylic acids is 1. The normalized spacial score (nSPS) is 20.6. The van der Waals surface area contributed by atoms with Gasteiger partial charge in [0.1, 0.15) is 5.60 Å². The number of anilines is 1. The van der Waals surface area contributed by atoms with Gasteiger partial charge in [0.05, 0.1) is 0 Å². The second-order valence-corrected chi connectivity index (χ2v) is 8.18. The summed E-state index contributed by atoms with van der Waals surface area (Å²) in [6.07, 6.45) is 8.01. The lowest BCUT2D eigenvalue weighted by Crippen LogP contribution is -2.44. The minimum absolute atomic E-state index is 0.165. The molecule has 0 aliphatic carbocycles. The van der Waals surface area contributed by atoms with Crippen molar-refractivity contribution in [1.82, 2.24) is 14.9 Å². The smallest absolute Gasteiger partial charge is 0.410 e. The van der Waals surface area contributed by atoms with E-state index < -0.39 is 5.60 Å². The first-order valence-electron chi connectivity index (χ1n) is 9.42. The van der Waals surface area contributed by atoms with E-state index in [-0.39, 0.29) is 6.09 Å². The van der Waals surface area contributed by atoms with Crippen molar-refractivity contribution in [2.45, 2.75) is 52.1 Å². The molecular formula is C19H30N4O2. The third-order valence-electron chi connectivity index (χ3n) is 5.23. The van der Waals surface area contributed by atoms with Crippen LogP contribution in [0.15, 0.2) is 18.5 Å². The van der Waals surface area contributed by atoms with Crippen LogP contribution in [-0.4, -0.2) is 52.7 Å². The van der Waals surface area contributed by atoms with Crippen LogP contribution < -0.4 is 4.90 Å². The van der Waals surface area contributed by atoms with E-state index in [0.29, 0.717) is 0 Å². The summed E-state index contributed by atoms with van der Waals surface area (Å²) in [5.74, 6) is 2.32. The van der Waals surface area contributed by atoms with E-state index in [2.05, 4.69) is 14.9 Å². The summed E-state index contributed by atoms with van der Waals surface area (Å²) in [4.78, 5) is 25.0. The fourth-order valence-corrected chi connectivity index (χ4v) is 3.91. The molecule has 0 unspecified atom stereocenters. The van der Waals surface area contributed by atoms with Gasteiger partial charge in [-0.3, -0.25) is 0 Å². The first-order valence-corrected chi connectivity index (χ1v) is 9.42. The van der Waals surface area contributed by atoms with Gasteiger partial charge in [-0.1, -0.05) is 0 Å². The number of aromatic nitrogens is 2. The highest BCUT2D eigenvalue weighted by Gasteiger charge is 2.32. The largest absolute Gasteiger partial charge is 0.444 e. The van der Waals surface area contributed by atoms with E-state index in [1.807, 2.05) is 31.7 Å². The summed E-state index contributed by atoms with van der Waals surface area (Å²) in [5.41, 5.74) is -0.416. The number of piperidine rings is 2. The standard InChI is InChI=1S/C19H30N4O2/c1-19(2,3)25-18(24)23-13-7-16(8-14-23)15-5-11-22(12-6-15)17-20-9-4-10-21-17/h4,9-10,15-16H,5-8,11-14H2,1-3H3. The van der Waals surface area contributed by atoms with Crippen molar-refractivity contribution in [1.29, 1.82) is 0 Å². The summed E-state index contributed by atoms with van der Waals surface area (Å²) < 4.78 is 5.49. The Bertz CT molecular complexity index is 557. The highest BCUT2D eigenvalue weighted by molar-refractivity contribution is 5.68. The van der Waals surface area contributed by atoms with E-state index in [1.165, 1.54) is 12.8 Å². The molecule has 1 aromatic heterocycles. The Morgan fingerprint density at radius 2 is 1.52 bits per heavy atom. The molecule has 1 amide bonds. The summed E-state index contributed by atoms with van der Waals surface area (Å²) in [6.45, 7) is 9.46. The van der Waals surface area contributed by atoms with Crippen LogP contribution in [0.5, 0.6) is 0 Å². The van der Waals surface area contributed by atoms with Gasteiger partial charge in [-0.05, 0) is 64.4 Å². The number of carbonyl (C=O) groups is 1. The molecule has 25 heavy (non-hydrogen) atoms. The number of ether oxygens (including phenoxy) is 1. The van der Waals surface area contributed by atoms with Crippen molar-refractivity contribution in [3.8, 4) is 0 Å².